The Morgan fingerprint density at radius 1 is 0.879 bits per heavy atom. The Labute approximate surface area is 197 Å². The van der Waals surface area contributed by atoms with Gasteiger partial charge in [-0.15, -0.1) is 0 Å². The van der Waals surface area contributed by atoms with Crippen LogP contribution in [0.15, 0.2) is 72.8 Å². The number of aryl methyl sites for hydroxylation is 2. The maximum absolute atomic E-state index is 11.3. The Morgan fingerprint density at radius 2 is 1.48 bits per heavy atom. The standard InChI is InChI=1S/C28H31NO3S/c1-22-8-5-10-24(16-22)18-28(19-25-11-6-9-23(2)17-25)21-29(14-7-15-33(30,31)32)20-26-12-3-4-13-27(26)28/h3-6,8-13,16-17,20H,7,14-15,18-19,21H2,1-2H3/p+1. The van der Waals surface area contributed by atoms with Gasteiger partial charge in [0.25, 0.3) is 10.1 Å². The lowest BCUT2D eigenvalue weighted by molar-refractivity contribution is -0.534. The molecule has 3 aromatic carbocycles. The summed E-state index contributed by atoms with van der Waals surface area (Å²) in [7, 11) is -3.96. The van der Waals surface area contributed by atoms with Crippen molar-refractivity contribution in [3.05, 3.63) is 106 Å². The molecule has 1 heterocycles. The summed E-state index contributed by atoms with van der Waals surface area (Å²) in [5.74, 6) is -0.220. The molecule has 0 saturated carbocycles. The van der Waals surface area contributed by atoms with Crippen molar-refractivity contribution >= 4 is 16.3 Å². The van der Waals surface area contributed by atoms with Gasteiger partial charge in [0.15, 0.2) is 12.8 Å². The van der Waals surface area contributed by atoms with Crippen LogP contribution in [0, 0.1) is 13.8 Å². The van der Waals surface area contributed by atoms with Crippen LogP contribution >= 0.6 is 0 Å². The third kappa shape index (κ3) is 5.98. The molecule has 33 heavy (non-hydrogen) atoms. The summed E-state index contributed by atoms with van der Waals surface area (Å²) in [6.07, 6.45) is 4.32. The summed E-state index contributed by atoms with van der Waals surface area (Å²) in [5.41, 5.74) is 7.45. The van der Waals surface area contributed by atoms with Gasteiger partial charge in [-0.2, -0.15) is 8.42 Å². The van der Waals surface area contributed by atoms with Crippen LogP contribution in [0.25, 0.3) is 0 Å². The Kier molecular flexibility index (Phi) is 6.82. The zero-order valence-corrected chi connectivity index (χ0v) is 20.2. The average Bonchev–Trinajstić information content (AvgIpc) is 2.73. The Balaban J connectivity index is 1.76. The van der Waals surface area contributed by atoms with E-state index in [9.17, 15) is 13.0 Å². The summed E-state index contributed by atoms with van der Waals surface area (Å²) in [5, 5.41) is 0. The van der Waals surface area contributed by atoms with Gasteiger partial charge < -0.3 is 0 Å². The molecule has 0 fully saturated rings. The molecule has 1 aliphatic rings. The van der Waals surface area contributed by atoms with E-state index in [2.05, 4.69) is 97.4 Å². The highest BCUT2D eigenvalue weighted by atomic mass is 32.2. The molecule has 1 N–H and O–H groups in total. The van der Waals surface area contributed by atoms with Crippen molar-refractivity contribution < 1.29 is 17.5 Å². The van der Waals surface area contributed by atoms with Crippen LogP contribution in [0.2, 0.25) is 0 Å². The molecule has 1 aliphatic heterocycles. The van der Waals surface area contributed by atoms with E-state index in [0.29, 0.717) is 13.0 Å². The number of hydrogen-bond donors (Lipinski definition) is 1. The van der Waals surface area contributed by atoms with Crippen molar-refractivity contribution in [2.45, 2.75) is 38.5 Å². The van der Waals surface area contributed by atoms with Gasteiger partial charge >= 0.3 is 0 Å². The van der Waals surface area contributed by atoms with Crippen LogP contribution in [0.5, 0.6) is 0 Å². The van der Waals surface area contributed by atoms with Gasteiger partial charge in [0, 0.05) is 12.0 Å². The van der Waals surface area contributed by atoms with Crippen molar-refractivity contribution in [3.8, 4) is 0 Å². The first kappa shape index (κ1) is 23.4. The molecule has 0 atom stereocenters. The highest BCUT2D eigenvalue weighted by Crippen LogP contribution is 2.37. The molecule has 4 nitrogen and oxygen atoms in total. The van der Waals surface area contributed by atoms with Gasteiger partial charge in [-0.1, -0.05) is 77.9 Å². The topological polar surface area (TPSA) is 57.4 Å². The van der Waals surface area contributed by atoms with Gasteiger partial charge in [0.05, 0.1) is 11.2 Å². The fourth-order valence-electron chi connectivity index (χ4n) is 5.19. The molecule has 0 spiro atoms. The zero-order valence-electron chi connectivity index (χ0n) is 19.4. The smallest absolute Gasteiger partial charge is 0.265 e. The van der Waals surface area contributed by atoms with E-state index in [0.717, 1.165) is 19.4 Å². The second-order valence-corrected chi connectivity index (χ2v) is 11.0. The van der Waals surface area contributed by atoms with Crippen molar-refractivity contribution in [1.29, 1.82) is 0 Å². The minimum atomic E-state index is -3.96. The molecule has 0 amide bonds. The lowest BCUT2D eigenvalue weighted by atomic mass is 9.68. The number of rotatable bonds is 8. The monoisotopic (exact) mass is 462 g/mol. The lowest BCUT2D eigenvalue weighted by Gasteiger charge is -2.36. The highest BCUT2D eigenvalue weighted by molar-refractivity contribution is 7.85. The molecule has 0 bridgehead atoms. The molecule has 3 aromatic rings. The molecule has 0 saturated heterocycles. The first-order valence-corrected chi connectivity index (χ1v) is 13.1. The van der Waals surface area contributed by atoms with Crippen molar-refractivity contribution in [1.82, 2.24) is 0 Å². The first-order chi connectivity index (χ1) is 15.7. The Bertz CT molecular complexity index is 1230. The maximum Gasteiger partial charge on any atom is 0.265 e. The fourth-order valence-corrected chi connectivity index (χ4v) is 5.69. The molecule has 0 aromatic heterocycles. The van der Waals surface area contributed by atoms with Crippen LogP contribution in [-0.2, 0) is 28.4 Å². The van der Waals surface area contributed by atoms with Gasteiger partial charge in [0.1, 0.15) is 6.54 Å². The summed E-state index contributed by atoms with van der Waals surface area (Å²) in [6.45, 7) is 5.62. The van der Waals surface area contributed by atoms with Gasteiger partial charge in [-0.05, 0) is 49.4 Å². The number of benzene rings is 3. The SMILES string of the molecule is Cc1cccc(CC2(Cc3cccc(C)c3)C[N+](CCCS(=O)(=O)O)=Cc3ccccc32)c1. The fraction of sp³-hybridized carbons (Fsp3) is 0.321. The summed E-state index contributed by atoms with van der Waals surface area (Å²) in [6, 6.07) is 26.0. The largest absolute Gasteiger partial charge is 0.286 e. The molecular weight excluding hydrogens is 430 g/mol. The zero-order chi connectivity index (χ0) is 23.5. The van der Waals surface area contributed by atoms with Gasteiger partial charge in [-0.25, -0.2) is 4.58 Å². The summed E-state index contributed by atoms with van der Waals surface area (Å²) < 4.78 is 34.0. The summed E-state index contributed by atoms with van der Waals surface area (Å²) in [4.78, 5) is 0. The van der Waals surface area contributed by atoms with E-state index < -0.39 is 10.1 Å². The van der Waals surface area contributed by atoms with Crippen LogP contribution in [0.3, 0.4) is 0 Å². The number of nitrogens with zero attached hydrogens (tertiary/aromatic N) is 1. The third-order valence-corrected chi connectivity index (χ3v) is 7.26. The third-order valence-electron chi connectivity index (χ3n) is 6.46. The van der Waals surface area contributed by atoms with Crippen molar-refractivity contribution in [2.75, 3.05) is 18.8 Å². The molecule has 172 valence electrons. The second-order valence-electron chi connectivity index (χ2n) is 9.44. The van der Waals surface area contributed by atoms with E-state index in [1.165, 1.54) is 33.4 Å². The predicted molar refractivity (Wildman–Crippen MR) is 134 cm³/mol. The normalized spacial score (nSPS) is 15.1. The quantitative estimate of drug-likeness (QED) is 0.388. The van der Waals surface area contributed by atoms with Crippen LogP contribution < -0.4 is 0 Å². The van der Waals surface area contributed by atoms with E-state index in [1.807, 2.05) is 0 Å². The first-order valence-electron chi connectivity index (χ1n) is 11.5. The Hall–Kier alpha value is -2.76. The lowest BCUT2D eigenvalue weighted by Crippen LogP contribution is -2.45. The number of fused-ring (bicyclic) bond motifs is 1. The van der Waals surface area contributed by atoms with E-state index in [1.54, 1.807) is 0 Å². The molecule has 0 aliphatic carbocycles. The second kappa shape index (κ2) is 9.62. The molecule has 4 rings (SSSR count). The predicted octanol–water partition coefficient (Wildman–Crippen LogP) is 4.75. The van der Waals surface area contributed by atoms with Gasteiger partial charge in [0.2, 0.25) is 0 Å². The van der Waals surface area contributed by atoms with E-state index in [-0.39, 0.29) is 11.2 Å². The van der Waals surface area contributed by atoms with E-state index in [4.69, 9.17) is 0 Å². The minimum absolute atomic E-state index is 0.162. The maximum atomic E-state index is 11.3. The van der Waals surface area contributed by atoms with Crippen molar-refractivity contribution in [3.63, 3.8) is 0 Å². The molecule has 5 heteroatoms. The Morgan fingerprint density at radius 3 is 2.06 bits per heavy atom. The van der Waals surface area contributed by atoms with Crippen LogP contribution in [0.4, 0.5) is 0 Å². The van der Waals surface area contributed by atoms with E-state index >= 15 is 0 Å². The average molecular weight is 463 g/mol. The van der Waals surface area contributed by atoms with Gasteiger partial charge in [-0.3, -0.25) is 4.55 Å². The molecule has 0 unspecified atom stereocenters. The highest BCUT2D eigenvalue weighted by Gasteiger charge is 2.42. The van der Waals surface area contributed by atoms with Crippen molar-refractivity contribution in [2.24, 2.45) is 0 Å². The minimum Gasteiger partial charge on any atom is -0.286 e. The van der Waals surface area contributed by atoms with Crippen LogP contribution in [-0.4, -0.2) is 42.6 Å². The summed E-state index contributed by atoms with van der Waals surface area (Å²) >= 11 is 0. The molecule has 0 radical (unpaired) electrons. The molecular formula is C28H32NO3S+. The number of hydrogen-bond acceptors (Lipinski definition) is 2. The van der Waals surface area contributed by atoms with Crippen LogP contribution in [0.1, 0.15) is 39.8 Å².